The highest BCUT2D eigenvalue weighted by molar-refractivity contribution is 7.88. The summed E-state index contributed by atoms with van der Waals surface area (Å²) in [5.74, 6) is 0.625. The van der Waals surface area contributed by atoms with Crippen LogP contribution in [0.15, 0.2) is 0 Å². The molecule has 7 heteroatoms. The van der Waals surface area contributed by atoms with Crippen molar-refractivity contribution >= 4 is 10.0 Å². The molecule has 1 unspecified atom stereocenters. The molecule has 1 aliphatic rings. The number of piperazine rings is 1. The van der Waals surface area contributed by atoms with Gasteiger partial charge in [-0.15, -0.1) is 0 Å². The van der Waals surface area contributed by atoms with Gasteiger partial charge in [0.15, 0.2) is 0 Å². The summed E-state index contributed by atoms with van der Waals surface area (Å²) in [5, 5.41) is 3.45. The molecule has 1 atom stereocenters. The van der Waals surface area contributed by atoms with Crippen LogP contribution in [-0.2, 0) is 14.8 Å². The van der Waals surface area contributed by atoms with Crippen LogP contribution < -0.4 is 5.32 Å². The molecule has 0 saturated carbocycles. The minimum atomic E-state index is -3.06. The van der Waals surface area contributed by atoms with Gasteiger partial charge in [-0.1, -0.05) is 13.8 Å². The average Bonchev–Trinajstić information content (AvgIpc) is 2.36. The minimum Gasteiger partial charge on any atom is -0.383 e. The van der Waals surface area contributed by atoms with Crippen LogP contribution in [0.3, 0.4) is 0 Å². The van der Waals surface area contributed by atoms with Crippen LogP contribution in [0.25, 0.3) is 0 Å². The zero-order chi connectivity index (χ0) is 15.2. The van der Waals surface area contributed by atoms with Crippen LogP contribution in [0.5, 0.6) is 0 Å². The van der Waals surface area contributed by atoms with Gasteiger partial charge in [0.1, 0.15) is 0 Å². The molecule has 0 radical (unpaired) electrons. The molecule has 1 aliphatic heterocycles. The van der Waals surface area contributed by atoms with Crippen LogP contribution in [0.1, 0.15) is 13.8 Å². The molecule has 1 fully saturated rings. The van der Waals surface area contributed by atoms with Crippen LogP contribution in [-0.4, -0.2) is 82.9 Å². The van der Waals surface area contributed by atoms with Crippen molar-refractivity contribution in [2.45, 2.75) is 19.9 Å². The van der Waals surface area contributed by atoms with E-state index >= 15 is 0 Å². The maximum Gasteiger partial charge on any atom is 0.211 e. The van der Waals surface area contributed by atoms with Crippen molar-refractivity contribution in [3.05, 3.63) is 0 Å². The second-order valence-corrected chi connectivity index (χ2v) is 7.84. The third kappa shape index (κ3) is 6.05. The monoisotopic (exact) mass is 307 g/mol. The molecular formula is C13H29N3O3S. The molecule has 0 aromatic heterocycles. The van der Waals surface area contributed by atoms with Crippen molar-refractivity contribution in [3.8, 4) is 0 Å². The molecule has 1 saturated heterocycles. The summed E-state index contributed by atoms with van der Waals surface area (Å²) in [4.78, 5) is 2.32. The first-order chi connectivity index (χ1) is 9.34. The summed E-state index contributed by atoms with van der Waals surface area (Å²) < 4.78 is 29.9. The Morgan fingerprint density at radius 1 is 1.15 bits per heavy atom. The molecule has 1 rings (SSSR count). The Balaban J connectivity index is 2.45. The van der Waals surface area contributed by atoms with Crippen molar-refractivity contribution in [2.24, 2.45) is 5.92 Å². The molecule has 0 aromatic rings. The molecular weight excluding hydrogens is 278 g/mol. The van der Waals surface area contributed by atoms with Gasteiger partial charge in [-0.2, -0.15) is 4.31 Å². The average molecular weight is 307 g/mol. The van der Waals surface area contributed by atoms with Gasteiger partial charge in [0, 0.05) is 45.9 Å². The second-order valence-electron chi connectivity index (χ2n) is 5.86. The SMILES string of the molecule is COCC(CNCC(C)C)N1CCN(S(C)(=O)=O)CC1. The lowest BCUT2D eigenvalue weighted by Crippen LogP contribution is -2.55. The fraction of sp³-hybridized carbons (Fsp3) is 1.00. The number of sulfonamides is 1. The van der Waals surface area contributed by atoms with E-state index in [4.69, 9.17) is 4.74 Å². The van der Waals surface area contributed by atoms with Crippen LogP contribution in [0, 0.1) is 5.92 Å². The van der Waals surface area contributed by atoms with E-state index in [-0.39, 0.29) is 0 Å². The molecule has 1 heterocycles. The fourth-order valence-electron chi connectivity index (χ4n) is 2.42. The third-order valence-electron chi connectivity index (χ3n) is 3.55. The number of hydrogen-bond acceptors (Lipinski definition) is 5. The zero-order valence-electron chi connectivity index (χ0n) is 13.1. The summed E-state index contributed by atoms with van der Waals surface area (Å²) in [6, 6.07) is 0.306. The van der Waals surface area contributed by atoms with Crippen molar-refractivity contribution < 1.29 is 13.2 Å². The lowest BCUT2D eigenvalue weighted by Gasteiger charge is -2.38. The summed E-state index contributed by atoms with van der Waals surface area (Å²) in [7, 11) is -1.35. The number of methoxy groups -OCH3 is 1. The molecule has 0 aliphatic carbocycles. The summed E-state index contributed by atoms with van der Waals surface area (Å²) in [5.41, 5.74) is 0. The lowest BCUT2D eigenvalue weighted by atomic mass is 10.2. The molecule has 0 amide bonds. The molecule has 20 heavy (non-hydrogen) atoms. The van der Waals surface area contributed by atoms with E-state index in [1.807, 2.05) is 0 Å². The van der Waals surface area contributed by atoms with E-state index in [2.05, 4.69) is 24.1 Å². The molecule has 0 bridgehead atoms. The predicted molar refractivity (Wildman–Crippen MR) is 81.4 cm³/mol. The molecule has 0 aromatic carbocycles. The highest BCUT2D eigenvalue weighted by Gasteiger charge is 2.27. The molecule has 120 valence electrons. The quantitative estimate of drug-likeness (QED) is 0.674. The number of hydrogen-bond donors (Lipinski definition) is 1. The van der Waals surface area contributed by atoms with Gasteiger partial charge in [-0.05, 0) is 12.5 Å². The van der Waals surface area contributed by atoms with Crippen molar-refractivity contribution in [1.29, 1.82) is 0 Å². The number of nitrogens with one attached hydrogen (secondary N) is 1. The van der Waals surface area contributed by atoms with E-state index in [1.165, 1.54) is 6.26 Å². The first-order valence-electron chi connectivity index (χ1n) is 7.23. The highest BCUT2D eigenvalue weighted by Crippen LogP contribution is 2.09. The largest absolute Gasteiger partial charge is 0.383 e. The maximum absolute atomic E-state index is 11.5. The van der Waals surface area contributed by atoms with Crippen molar-refractivity contribution in [2.75, 3.05) is 59.2 Å². The summed E-state index contributed by atoms with van der Waals surface area (Å²) >= 11 is 0. The highest BCUT2D eigenvalue weighted by atomic mass is 32.2. The van der Waals surface area contributed by atoms with Gasteiger partial charge in [-0.25, -0.2) is 8.42 Å². The lowest BCUT2D eigenvalue weighted by molar-refractivity contribution is 0.0672. The van der Waals surface area contributed by atoms with Gasteiger partial charge in [0.2, 0.25) is 10.0 Å². The Hall–Kier alpha value is -0.210. The van der Waals surface area contributed by atoms with Crippen molar-refractivity contribution in [1.82, 2.24) is 14.5 Å². The summed E-state index contributed by atoms with van der Waals surface area (Å²) in [6.45, 7) is 9.59. The first kappa shape index (κ1) is 17.8. The van der Waals surface area contributed by atoms with Gasteiger partial charge in [-0.3, -0.25) is 4.90 Å². The number of ether oxygens (including phenoxy) is 1. The van der Waals surface area contributed by atoms with Crippen LogP contribution in [0.2, 0.25) is 0 Å². The Morgan fingerprint density at radius 3 is 2.20 bits per heavy atom. The number of nitrogens with zero attached hydrogens (tertiary/aromatic N) is 2. The van der Waals surface area contributed by atoms with E-state index < -0.39 is 10.0 Å². The Bertz CT molecular complexity index is 365. The number of rotatable bonds is 8. The first-order valence-corrected chi connectivity index (χ1v) is 9.08. The second kappa shape index (κ2) is 8.29. The van der Waals surface area contributed by atoms with Crippen molar-refractivity contribution in [3.63, 3.8) is 0 Å². The molecule has 0 spiro atoms. The summed E-state index contributed by atoms with van der Waals surface area (Å²) in [6.07, 6.45) is 1.28. The smallest absolute Gasteiger partial charge is 0.211 e. The van der Waals surface area contributed by atoms with Gasteiger partial charge in [0.25, 0.3) is 0 Å². The standard InChI is InChI=1S/C13H29N3O3S/c1-12(2)9-14-10-13(11-19-3)15-5-7-16(8-6-15)20(4,17)18/h12-14H,5-11H2,1-4H3. The molecule has 1 N–H and O–H groups in total. The Kier molecular flexibility index (Phi) is 7.39. The van der Waals surface area contributed by atoms with Gasteiger partial charge in [0.05, 0.1) is 12.9 Å². The minimum absolute atomic E-state index is 0.306. The maximum atomic E-state index is 11.5. The van der Waals surface area contributed by atoms with Crippen LogP contribution >= 0.6 is 0 Å². The molecule has 6 nitrogen and oxygen atoms in total. The Morgan fingerprint density at radius 2 is 1.75 bits per heavy atom. The fourth-order valence-corrected chi connectivity index (χ4v) is 3.25. The normalized spacial score (nSPS) is 20.4. The van der Waals surface area contributed by atoms with Gasteiger partial charge >= 0.3 is 0 Å². The van der Waals surface area contributed by atoms with Crippen LogP contribution in [0.4, 0.5) is 0 Å². The third-order valence-corrected chi connectivity index (χ3v) is 4.85. The van der Waals surface area contributed by atoms with E-state index in [0.29, 0.717) is 31.7 Å². The van der Waals surface area contributed by atoms with E-state index in [1.54, 1.807) is 11.4 Å². The predicted octanol–water partition coefficient (Wildman–Crippen LogP) is -0.176. The topological polar surface area (TPSA) is 61.9 Å². The van der Waals surface area contributed by atoms with Gasteiger partial charge < -0.3 is 10.1 Å². The van der Waals surface area contributed by atoms with E-state index in [0.717, 1.165) is 26.2 Å². The Labute approximate surface area is 123 Å². The zero-order valence-corrected chi connectivity index (χ0v) is 13.9. The van der Waals surface area contributed by atoms with E-state index in [9.17, 15) is 8.42 Å².